The van der Waals surface area contributed by atoms with Gasteiger partial charge in [-0.1, -0.05) is 0 Å². The van der Waals surface area contributed by atoms with Crippen LogP contribution < -0.4 is 5.73 Å². The van der Waals surface area contributed by atoms with Crippen LogP contribution in [0.2, 0.25) is 0 Å². The fraction of sp³-hybridized carbons (Fsp3) is 0.636. The lowest BCUT2D eigenvalue weighted by molar-refractivity contribution is -0.132. The first kappa shape index (κ1) is 13.7. The van der Waals surface area contributed by atoms with Gasteiger partial charge in [-0.15, -0.1) is 0 Å². The van der Waals surface area contributed by atoms with Crippen LogP contribution in [-0.2, 0) is 11.8 Å². The van der Waals surface area contributed by atoms with E-state index in [9.17, 15) is 4.79 Å². The van der Waals surface area contributed by atoms with Crippen molar-refractivity contribution in [2.75, 3.05) is 19.7 Å². The summed E-state index contributed by atoms with van der Waals surface area (Å²) in [5, 5.41) is 12.8. The maximum Gasteiger partial charge on any atom is 0.244 e. The van der Waals surface area contributed by atoms with E-state index in [0.717, 1.165) is 0 Å². The number of aliphatic hydroxyl groups excluding tert-OH is 1. The molecule has 3 N–H and O–H groups in total. The molecule has 0 fully saturated rings. The van der Waals surface area contributed by atoms with Gasteiger partial charge in [-0.25, -0.2) is 0 Å². The number of amides is 1. The van der Waals surface area contributed by atoms with Gasteiger partial charge in [0.2, 0.25) is 5.91 Å². The Kier molecular flexibility index (Phi) is 5.11. The van der Waals surface area contributed by atoms with E-state index in [1.165, 1.54) is 0 Å². The highest BCUT2D eigenvalue weighted by molar-refractivity contribution is 5.82. The van der Waals surface area contributed by atoms with E-state index in [1.807, 2.05) is 6.92 Å². The molecule has 0 aromatic carbocycles. The number of aryl methyl sites for hydroxylation is 1. The lowest BCUT2D eigenvalue weighted by Gasteiger charge is -2.23. The summed E-state index contributed by atoms with van der Waals surface area (Å²) in [6.07, 6.45) is 3.91. The van der Waals surface area contributed by atoms with Crippen molar-refractivity contribution in [1.82, 2.24) is 14.7 Å². The molecule has 96 valence electrons. The van der Waals surface area contributed by atoms with Crippen molar-refractivity contribution in [1.29, 1.82) is 0 Å². The third-order valence-corrected chi connectivity index (χ3v) is 2.63. The minimum atomic E-state index is -0.678. The van der Waals surface area contributed by atoms with Gasteiger partial charge in [0.1, 0.15) is 6.04 Å². The van der Waals surface area contributed by atoms with E-state index >= 15 is 0 Å². The summed E-state index contributed by atoms with van der Waals surface area (Å²) in [5.74, 6) is -0.131. The monoisotopic (exact) mass is 240 g/mol. The third kappa shape index (κ3) is 3.54. The van der Waals surface area contributed by atoms with Gasteiger partial charge < -0.3 is 15.7 Å². The first-order valence-corrected chi connectivity index (χ1v) is 5.74. The van der Waals surface area contributed by atoms with Crippen LogP contribution in [0.15, 0.2) is 12.4 Å². The molecule has 0 aliphatic heterocycles. The molecular formula is C11H20N4O2. The SMILES string of the molecule is CCN(CCCO)C(=O)C(N)c1cnn(C)c1. The van der Waals surface area contributed by atoms with Gasteiger partial charge in [0.15, 0.2) is 0 Å². The molecule has 0 aliphatic carbocycles. The lowest BCUT2D eigenvalue weighted by Crippen LogP contribution is -2.39. The Hall–Kier alpha value is -1.40. The van der Waals surface area contributed by atoms with Gasteiger partial charge in [0.05, 0.1) is 6.20 Å². The summed E-state index contributed by atoms with van der Waals surface area (Å²) >= 11 is 0. The molecule has 1 unspecified atom stereocenters. The third-order valence-electron chi connectivity index (χ3n) is 2.63. The largest absolute Gasteiger partial charge is 0.396 e. The molecule has 0 saturated heterocycles. The molecule has 1 atom stereocenters. The van der Waals surface area contributed by atoms with Gasteiger partial charge in [-0.2, -0.15) is 5.10 Å². The molecule has 1 rings (SSSR count). The van der Waals surface area contributed by atoms with Gasteiger partial charge >= 0.3 is 0 Å². The predicted octanol–water partition coefficient (Wildman–Crippen LogP) is -0.349. The van der Waals surface area contributed by atoms with Crippen LogP contribution in [0, 0.1) is 0 Å². The van der Waals surface area contributed by atoms with Gasteiger partial charge in [-0.3, -0.25) is 9.48 Å². The van der Waals surface area contributed by atoms with Gasteiger partial charge in [-0.05, 0) is 13.3 Å². The second-order valence-corrected chi connectivity index (χ2v) is 3.92. The number of hydrogen-bond donors (Lipinski definition) is 2. The van der Waals surface area contributed by atoms with E-state index in [2.05, 4.69) is 5.10 Å². The second-order valence-electron chi connectivity index (χ2n) is 3.92. The molecule has 17 heavy (non-hydrogen) atoms. The van der Waals surface area contributed by atoms with Crippen LogP contribution in [0.4, 0.5) is 0 Å². The molecule has 6 heteroatoms. The molecule has 0 radical (unpaired) electrons. The lowest BCUT2D eigenvalue weighted by atomic mass is 10.1. The smallest absolute Gasteiger partial charge is 0.244 e. The number of carbonyl (C=O) groups is 1. The molecule has 0 bridgehead atoms. The molecule has 6 nitrogen and oxygen atoms in total. The van der Waals surface area contributed by atoms with Crippen LogP contribution in [0.3, 0.4) is 0 Å². The summed E-state index contributed by atoms with van der Waals surface area (Å²) in [6.45, 7) is 3.09. The number of nitrogens with two attached hydrogens (primary N) is 1. The molecule has 1 aromatic rings. The summed E-state index contributed by atoms with van der Waals surface area (Å²) in [5.41, 5.74) is 6.60. The van der Waals surface area contributed by atoms with Crippen molar-refractivity contribution in [2.24, 2.45) is 12.8 Å². The number of likely N-dealkylation sites (N-methyl/N-ethyl adjacent to an activating group) is 1. The zero-order valence-corrected chi connectivity index (χ0v) is 10.3. The molecular weight excluding hydrogens is 220 g/mol. The van der Waals surface area contributed by atoms with E-state index in [0.29, 0.717) is 25.1 Å². The molecule has 1 heterocycles. The first-order chi connectivity index (χ1) is 8.10. The van der Waals surface area contributed by atoms with Gasteiger partial charge in [0, 0.05) is 38.5 Å². The highest BCUT2D eigenvalue weighted by atomic mass is 16.3. The molecule has 1 amide bonds. The summed E-state index contributed by atoms with van der Waals surface area (Å²) in [7, 11) is 1.78. The summed E-state index contributed by atoms with van der Waals surface area (Å²) in [6, 6.07) is -0.678. The van der Waals surface area contributed by atoms with E-state index in [4.69, 9.17) is 10.8 Å². The molecule has 0 saturated carbocycles. The van der Waals surface area contributed by atoms with Crippen LogP contribution in [-0.4, -0.2) is 45.4 Å². The minimum Gasteiger partial charge on any atom is -0.396 e. The van der Waals surface area contributed by atoms with Crippen LogP contribution in [0.1, 0.15) is 24.9 Å². The summed E-state index contributed by atoms with van der Waals surface area (Å²) < 4.78 is 1.62. The standard InChI is InChI=1S/C11H20N4O2/c1-3-15(5-4-6-16)11(17)10(12)9-7-13-14(2)8-9/h7-8,10,16H,3-6,12H2,1-2H3. The zero-order chi connectivity index (χ0) is 12.8. The average molecular weight is 240 g/mol. The van der Waals surface area contributed by atoms with Crippen LogP contribution in [0.5, 0.6) is 0 Å². The zero-order valence-electron chi connectivity index (χ0n) is 10.3. The summed E-state index contributed by atoms with van der Waals surface area (Å²) in [4.78, 5) is 13.7. The average Bonchev–Trinajstić information content (AvgIpc) is 2.75. The number of rotatable bonds is 6. The van der Waals surface area contributed by atoms with Crippen LogP contribution in [0.25, 0.3) is 0 Å². The Morgan fingerprint density at radius 1 is 1.71 bits per heavy atom. The number of nitrogens with zero attached hydrogens (tertiary/aromatic N) is 3. The Morgan fingerprint density at radius 3 is 2.88 bits per heavy atom. The van der Waals surface area contributed by atoms with Crippen molar-refractivity contribution in [2.45, 2.75) is 19.4 Å². The first-order valence-electron chi connectivity index (χ1n) is 5.74. The number of aromatic nitrogens is 2. The fourth-order valence-electron chi connectivity index (χ4n) is 1.63. The van der Waals surface area contributed by atoms with Gasteiger partial charge in [0.25, 0.3) is 0 Å². The topological polar surface area (TPSA) is 84.4 Å². The van der Waals surface area contributed by atoms with E-state index in [-0.39, 0.29) is 12.5 Å². The maximum atomic E-state index is 12.1. The van der Waals surface area contributed by atoms with Crippen molar-refractivity contribution in [3.05, 3.63) is 18.0 Å². The van der Waals surface area contributed by atoms with E-state index < -0.39 is 6.04 Å². The normalized spacial score (nSPS) is 12.5. The Labute approximate surface area is 101 Å². The highest BCUT2D eigenvalue weighted by Crippen LogP contribution is 2.12. The molecule has 0 spiro atoms. The van der Waals surface area contributed by atoms with Crippen LogP contribution >= 0.6 is 0 Å². The van der Waals surface area contributed by atoms with E-state index in [1.54, 1.807) is 29.0 Å². The van der Waals surface area contributed by atoms with Crippen molar-refractivity contribution in [3.8, 4) is 0 Å². The quantitative estimate of drug-likeness (QED) is 0.712. The highest BCUT2D eigenvalue weighted by Gasteiger charge is 2.22. The maximum absolute atomic E-state index is 12.1. The Morgan fingerprint density at radius 2 is 2.41 bits per heavy atom. The molecule has 0 aliphatic rings. The number of hydrogen-bond acceptors (Lipinski definition) is 4. The second kappa shape index (κ2) is 6.36. The Balaban J connectivity index is 2.66. The number of aliphatic hydroxyl groups is 1. The minimum absolute atomic E-state index is 0.0753. The predicted molar refractivity (Wildman–Crippen MR) is 64.1 cm³/mol. The van der Waals surface area contributed by atoms with Crippen molar-refractivity contribution < 1.29 is 9.90 Å². The van der Waals surface area contributed by atoms with Crippen molar-refractivity contribution in [3.63, 3.8) is 0 Å². The van der Waals surface area contributed by atoms with Crippen molar-refractivity contribution >= 4 is 5.91 Å². The molecule has 1 aromatic heterocycles. The number of carbonyl (C=O) groups excluding carboxylic acids is 1. The fourth-order valence-corrected chi connectivity index (χ4v) is 1.63. The Bertz CT molecular complexity index is 364.